The fraction of sp³-hybridized carbons (Fsp3) is 0.316. The first-order valence-electron chi connectivity index (χ1n) is 8.81. The lowest BCUT2D eigenvalue weighted by molar-refractivity contribution is 0.417. The Kier molecular flexibility index (Phi) is 5.45. The van der Waals surface area contributed by atoms with Crippen LogP contribution in [0.2, 0.25) is 5.02 Å². The molecule has 142 valence electrons. The Morgan fingerprint density at radius 2 is 1.81 bits per heavy atom. The lowest BCUT2D eigenvalue weighted by Gasteiger charge is -2.30. The largest absolute Gasteiger partial charge is 0.431 e. The number of para-hydroxylation sites is 2. The predicted molar refractivity (Wildman–Crippen MR) is 108 cm³/mol. The van der Waals surface area contributed by atoms with Gasteiger partial charge in [0.15, 0.2) is 5.58 Å². The van der Waals surface area contributed by atoms with Crippen molar-refractivity contribution in [2.75, 3.05) is 0 Å². The number of aromatic nitrogens is 1. The van der Waals surface area contributed by atoms with Crippen LogP contribution >= 0.6 is 23.4 Å². The third-order valence-electron chi connectivity index (χ3n) is 4.66. The molecule has 1 saturated carbocycles. The van der Waals surface area contributed by atoms with Gasteiger partial charge in [-0.2, -0.15) is 0 Å². The summed E-state index contributed by atoms with van der Waals surface area (Å²) in [4.78, 5) is 4.74. The normalized spacial score (nSPS) is 20.8. The van der Waals surface area contributed by atoms with Gasteiger partial charge in [0.1, 0.15) is 5.52 Å². The van der Waals surface area contributed by atoms with Crippen molar-refractivity contribution in [3.05, 3.63) is 53.6 Å². The zero-order valence-electron chi connectivity index (χ0n) is 14.5. The number of rotatable bonds is 5. The van der Waals surface area contributed by atoms with E-state index in [0.717, 1.165) is 36.8 Å². The van der Waals surface area contributed by atoms with Gasteiger partial charge in [-0.3, -0.25) is 0 Å². The molecule has 0 spiro atoms. The van der Waals surface area contributed by atoms with E-state index in [9.17, 15) is 8.42 Å². The van der Waals surface area contributed by atoms with Crippen LogP contribution in [0, 0.1) is 0 Å². The van der Waals surface area contributed by atoms with Gasteiger partial charge in [-0.15, -0.1) is 0 Å². The summed E-state index contributed by atoms with van der Waals surface area (Å²) in [6.07, 6.45) is 3.78. The van der Waals surface area contributed by atoms with Crippen LogP contribution in [-0.2, 0) is 10.0 Å². The minimum absolute atomic E-state index is 0.0777. The van der Waals surface area contributed by atoms with Gasteiger partial charge < -0.3 is 4.42 Å². The topological polar surface area (TPSA) is 72.2 Å². The van der Waals surface area contributed by atoms with E-state index >= 15 is 0 Å². The minimum Gasteiger partial charge on any atom is -0.431 e. The Morgan fingerprint density at radius 3 is 2.59 bits per heavy atom. The smallest absolute Gasteiger partial charge is 0.257 e. The summed E-state index contributed by atoms with van der Waals surface area (Å²) in [5.41, 5.74) is 1.56. The van der Waals surface area contributed by atoms with E-state index in [-0.39, 0.29) is 16.2 Å². The van der Waals surface area contributed by atoms with Crippen molar-refractivity contribution in [1.82, 2.24) is 9.71 Å². The lowest BCUT2D eigenvalue weighted by Crippen LogP contribution is -2.43. The molecule has 27 heavy (non-hydrogen) atoms. The first-order valence-corrected chi connectivity index (χ1v) is 11.6. The number of benzene rings is 2. The lowest BCUT2D eigenvalue weighted by atomic mass is 9.96. The molecule has 1 aliphatic carbocycles. The number of halogens is 1. The maximum atomic E-state index is 12.7. The summed E-state index contributed by atoms with van der Waals surface area (Å²) < 4.78 is 34.2. The Morgan fingerprint density at radius 1 is 1.07 bits per heavy atom. The number of oxazole rings is 1. The molecule has 2 aromatic carbocycles. The van der Waals surface area contributed by atoms with Crippen molar-refractivity contribution in [3.8, 4) is 0 Å². The average Bonchev–Trinajstić information content (AvgIpc) is 3.06. The Labute approximate surface area is 167 Å². The van der Waals surface area contributed by atoms with Gasteiger partial charge in [0.05, 0.1) is 4.90 Å². The summed E-state index contributed by atoms with van der Waals surface area (Å²) in [5.74, 6) is 0. The summed E-state index contributed by atoms with van der Waals surface area (Å²) >= 11 is 7.38. The van der Waals surface area contributed by atoms with Crippen LogP contribution in [0.15, 0.2) is 63.1 Å². The number of sulfonamides is 1. The molecule has 0 radical (unpaired) electrons. The van der Waals surface area contributed by atoms with Crippen molar-refractivity contribution in [1.29, 1.82) is 0 Å². The van der Waals surface area contributed by atoms with Crippen LogP contribution in [0.1, 0.15) is 25.7 Å². The SMILES string of the molecule is O=S(=O)(NC1CCCCC1Sc1nc2ccccc2o1)c1ccc(Cl)cc1. The molecule has 1 fully saturated rings. The van der Waals surface area contributed by atoms with Crippen LogP contribution in [-0.4, -0.2) is 24.7 Å². The first-order chi connectivity index (χ1) is 13.0. The molecule has 0 amide bonds. The van der Waals surface area contributed by atoms with Crippen LogP contribution in [0.5, 0.6) is 0 Å². The molecule has 2 atom stereocenters. The highest BCUT2D eigenvalue weighted by Gasteiger charge is 2.31. The minimum atomic E-state index is -3.60. The quantitative estimate of drug-likeness (QED) is 0.635. The molecule has 2 unspecified atom stereocenters. The zero-order chi connectivity index (χ0) is 18.9. The molecular formula is C19H19ClN2O3S2. The number of nitrogens with one attached hydrogen (secondary N) is 1. The second-order valence-electron chi connectivity index (χ2n) is 6.57. The molecular weight excluding hydrogens is 404 g/mol. The van der Waals surface area contributed by atoms with Gasteiger partial charge in [0.2, 0.25) is 10.0 Å². The molecule has 0 aliphatic heterocycles. The van der Waals surface area contributed by atoms with Gasteiger partial charge in [-0.1, -0.05) is 48.3 Å². The fourth-order valence-electron chi connectivity index (χ4n) is 3.28. The van der Waals surface area contributed by atoms with E-state index in [1.807, 2.05) is 24.3 Å². The summed E-state index contributed by atoms with van der Waals surface area (Å²) in [6.45, 7) is 0. The van der Waals surface area contributed by atoms with Crippen molar-refractivity contribution >= 4 is 44.5 Å². The number of thioether (sulfide) groups is 1. The van der Waals surface area contributed by atoms with Gasteiger partial charge in [-0.25, -0.2) is 18.1 Å². The second kappa shape index (κ2) is 7.83. The molecule has 1 aliphatic rings. The molecule has 1 heterocycles. The first kappa shape index (κ1) is 18.8. The number of hydrogen-bond donors (Lipinski definition) is 1. The fourth-order valence-corrected chi connectivity index (χ4v) is 6.01. The third kappa shape index (κ3) is 4.32. The molecule has 0 saturated heterocycles. The highest BCUT2D eigenvalue weighted by Crippen LogP contribution is 2.35. The maximum Gasteiger partial charge on any atom is 0.257 e. The number of nitrogens with zero attached hydrogens (tertiary/aromatic N) is 1. The summed E-state index contributed by atoms with van der Waals surface area (Å²) in [5, 5.41) is 1.17. The molecule has 5 nitrogen and oxygen atoms in total. The Hall–Kier alpha value is -1.54. The van der Waals surface area contributed by atoms with Crippen LogP contribution in [0.4, 0.5) is 0 Å². The highest BCUT2D eigenvalue weighted by atomic mass is 35.5. The molecule has 3 aromatic rings. The maximum absolute atomic E-state index is 12.7. The Bertz CT molecular complexity index is 1000. The molecule has 1 aromatic heterocycles. The zero-order valence-corrected chi connectivity index (χ0v) is 16.9. The van der Waals surface area contributed by atoms with E-state index < -0.39 is 10.0 Å². The highest BCUT2D eigenvalue weighted by molar-refractivity contribution is 7.99. The molecule has 0 bridgehead atoms. The van der Waals surface area contributed by atoms with Crippen molar-refractivity contribution in [2.45, 2.75) is 47.1 Å². The predicted octanol–water partition coefficient (Wildman–Crippen LogP) is 4.86. The van der Waals surface area contributed by atoms with Crippen molar-refractivity contribution in [3.63, 3.8) is 0 Å². The van der Waals surface area contributed by atoms with Gasteiger partial charge in [0, 0.05) is 16.3 Å². The van der Waals surface area contributed by atoms with E-state index in [1.54, 1.807) is 12.1 Å². The molecule has 4 rings (SSSR count). The second-order valence-corrected chi connectivity index (χ2v) is 9.91. The van der Waals surface area contributed by atoms with E-state index in [4.69, 9.17) is 16.0 Å². The molecule has 1 N–H and O–H groups in total. The van der Waals surface area contributed by atoms with Gasteiger partial charge in [-0.05, 0) is 49.2 Å². The third-order valence-corrected chi connectivity index (χ3v) is 7.66. The summed E-state index contributed by atoms with van der Waals surface area (Å²) in [7, 11) is -3.60. The van der Waals surface area contributed by atoms with Gasteiger partial charge in [0.25, 0.3) is 5.22 Å². The monoisotopic (exact) mass is 422 g/mol. The Balaban J connectivity index is 1.52. The van der Waals surface area contributed by atoms with E-state index in [1.165, 1.54) is 23.9 Å². The van der Waals surface area contributed by atoms with Crippen molar-refractivity contribution in [2.24, 2.45) is 0 Å². The van der Waals surface area contributed by atoms with E-state index in [0.29, 0.717) is 10.2 Å². The van der Waals surface area contributed by atoms with Crippen molar-refractivity contribution < 1.29 is 12.8 Å². The average molecular weight is 423 g/mol. The van der Waals surface area contributed by atoms with Crippen LogP contribution < -0.4 is 4.72 Å². The molecule has 8 heteroatoms. The number of fused-ring (bicyclic) bond motifs is 1. The van der Waals surface area contributed by atoms with Crippen LogP contribution in [0.25, 0.3) is 11.1 Å². The van der Waals surface area contributed by atoms with E-state index in [2.05, 4.69) is 9.71 Å². The standard InChI is InChI=1S/C19H19ClN2O3S2/c20-13-9-11-14(12-10-13)27(23,24)22-16-6-2-4-8-18(16)26-19-21-15-5-1-3-7-17(15)25-19/h1,3,5,7,9-12,16,18,22H,2,4,6,8H2. The van der Waals surface area contributed by atoms with Crippen LogP contribution in [0.3, 0.4) is 0 Å². The number of hydrogen-bond acceptors (Lipinski definition) is 5. The summed E-state index contributed by atoms with van der Waals surface area (Å²) in [6, 6.07) is 13.7. The van der Waals surface area contributed by atoms with Gasteiger partial charge >= 0.3 is 0 Å².